The predicted molar refractivity (Wildman–Crippen MR) is 382 cm³/mol. The highest BCUT2D eigenvalue weighted by Crippen LogP contribution is 2.42. The lowest BCUT2D eigenvalue weighted by atomic mass is 10.1. The number of nitrogens with zero attached hydrogens (tertiary/aromatic N) is 4. The maximum Gasteiger partial charge on any atom is 0.188 e. The molecule has 0 aliphatic heterocycles. The van der Waals surface area contributed by atoms with Gasteiger partial charge in [-0.1, -0.05) is 206 Å². The van der Waals surface area contributed by atoms with E-state index in [1.807, 2.05) is 0 Å². The monoisotopic (exact) mass is 1180 g/mol. The molecule has 0 N–H and O–H groups in total. The van der Waals surface area contributed by atoms with Gasteiger partial charge < -0.3 is 27.1 Å². The molecule has 0 amide bonds. The normalized spacial score (nSPS) is 12.4. The van der Waals surface area contributed by atoms with Gasteiger partial charge in [-0.15, -0.1) is 0 Å². The van der Waals surface area contributed by atoms with Crippen LogP contribution in [-0.2, 0) is 0 Å². The van der Waals surface area contributed by atoms with Gasteiger partial charge in [-0.05, 0) is 130 Å². The van der Waals surface area contributed by atoms with Gasteiger partial charge in [0.2, 0.25) is 0 Å². The number of furan rings is 2. The van der Waals surface area contributed by atoms with Crippen LogP contribution in [0.15, 0.2) is 324 Å². The van der Waals surface area contributed by atoms with Crippen LogP contribution in [0.2, 0.25) is 0 Å². The van der Waals surface area contributed by atoms with Gasteiger partial charge in [0, 0.05) is 87.4 Å². The van der Waals surface area contributed by atoms with Gasteiger partial charge in [0.25, 0.3) is 0 Å². The van der Waals surface area contributed by atoms with E-state index in [0.29, 0.717) is 0 Å². The van der Waals surface area contributed by atoms with E-state index in [1.54, 1.807) is 0 Å². The van der Waals surface area contributed by atoms with Crippen LogP contribution in [-0.4, -0.2) is 26.3 Å². The molecule has 0 fully saturated rings. The first-order chi connectivity index (χ1) is 45.2. The first-order valence-corrected chi connectivity index (χ1v) is 33.2. The van der Waals surface area contributed by atoms with E-state index in [-0.39, 0.29) is 0 Å². The van der Waals surface area contributed by atoms with Crippen molar-refractivity contribution in [1.29, 1.82) is 0 Å². The van der Waals surface area contributed by atoms with Gasteiger partial charge in [-0.2, -0.15) is 0 Å². The average molecular weight is 1180 g/mol. The third-order valence-electron chi connectivity index (χ3n) is 19.7. The second-order valence-corrected chi connectivity index (χ2v) is 28.0. The summed E-state index contributed by atoms with van der Waals surface area (Å²) >= 11 is 0. The van der Waals surface area contributed by atoms with Gasteiger partial charge in [0.15, 0.2) is 8.07 Å². The molecule has 0 atom stereocenters. The summed E-state index contributed by atoms with van der Waals surface area (Å²) in [7, 11) is -3.82. The molecule has 0 saturated carbocycles. The Morgan fingerprint density at radius 3 is 0.725 bits per heavy atom. The minimum Gasteiger partial charge on any atom is -0.456 e. The average Bonchev–Trinajstić information content (AvgIpc) is 1.69. The largest absolute Gasteiger partial charge is 0.456 e. The van der Waals surface area contributed by atoms with E-state index >= 15 is 0 Å². The Morgan fingerprint density at radius 1 is 0.198 bits per heavy atom. The second kappa shape index (κ2) is 19.1. The lowest BCUT2D eigenvalue weighted by Gasteiger charge is -2.35. The number of benzene rings is 14. The van der Waals surface area contributed by atoms with E-state index in [4.69, 9.17) is 8.83 Å². The Balaban J connectivity index is 0.971. The quantitative estimate of drug-likeness (QED) is 0.112. The smallest absolute Gasteiger partial charge is 0.188 e. The molecule has 0 bridgehead atoms. The molecule has 6 heterocycles. The lowest BCUT2D eigenvalue weighted by molar-refractivity contribution is 0.670. The van der Waals surface area contributed by atoms with Crippen molar-refractivity contribution in [3.63, 3.8) is 0 Å². The molecular formula is C84H52N4O2Si. The number of hydrogen-bond donors (Lipinski definition) is 0. The summed E-state index contributed by atoms with van der Waals surface area (Å²) < 4.78 is 25.3. The third-order valence-corrected chi connectivity index (χ3v) is 24.4. The van der Waals surface area contributed by atoms with Crippen molar-refractivity contribution < 1.29 is 8.83 Å². The van der Waals surface area contributed by atoms with Crippen molar-refractivity contribution in [3.8, 4) is 22.7 Å². The Kier molecular flexibility index (Phi) is 10.5. The molecule has 20 aromatic rings. The maximum atomic E-state index is 7.74. The third kappa shape index (κ3) is 7.00. The van der Waals surface area contributed by atoms with Crippen molar-refractivity contribution in [1.82, 2.24) is 18.3 Å². The molecule has 14 aromatic carbocycles. The molecule has 0 unspecified atom stereocenters. The van der Waals surface area contributed by atoms with Crippen molar-refractivity contribution in [2.75, 3.05) is 0 Å². The van der Waals surface area contributed by atoms with E-state index < -0.39 is 8.07 Å². The first kappa shape index (κ1) is 50.1. The lowest BCUT2D eigenvalue weighted by Crippen LogP contribution is -2.75. The molecular weight excluding hydrogens is 1130 g/mol. The fourth-order valence-corrected chi connectivity index (χ4v) is 20.9. The Morgan fingerprint density at radius 2 is 0.440 bits per heavy atom. The molecule has 0 spiro atoms. The minimum atomic E-state index is -3.82. The first-order valence-electron chi connectivity index (χ1n) is 31.2. The fourth-order valence-electron chi connectivity index (χ4n) is 15.9. The molecule has 424 valence electrons. The van der Waals surface area contributed by atoms with Crippen LogP contribution < -0.4 is 20.7 Å². The van der Waals surface area contributed by atoms with Crippen molar-refractivity contribution in [3.05, 3.63) is 315 Å². The number of fused-ring (bicyclic) bond motifs is 18. The highest BCUT2D eigenvalue weighted by molar-refractivity contribution is 7.21. The zero-order valence-electron chi connectivity index (χ0n) is 49.1. The minimum absolute atomic E-state index is 0.815. The predicted octanol–water partition coefficient (Wildman–Crippen LogP) is 19.3. The van der Waals surface area contributed by atoms with E-state index in [0.717, 1.165) is 121 Å². The maximum absolute atomic E-state index is 7.74. The van der Waals surface area contributed by atoms with Crippen molar-refractivity contribution in [2.24, 2.45) is 0 Å². The summed E-state index contributed by atoms with van der Waals surface area (Å²) in [6.45, 7) is 0. The zero-order chi connectivity index (χ0) is 59.5. The molecule has 20 rings (SSSR count). The molecule has 91 heavy (non-hydrogen) atoms. The Labute approximate surface area is 522 Å². The van der Waals surface area contributed by atoms with E-state index in [9.17, 15) is 0 Å². The molecule has 6 nitrogen and oxygen atoms in total. The molecule has 0 aliphatic carbocycles. The van der Waals surface area contributed by atoms with Gasteiger partial charge in [0.05, 0.1) is 44.1 Å². The molecule has 0 radical (unpaired) electrons. The van der Waals surface area contributed by atoms with E-state index in [2.05, 4.69) is 334 Å². The van der Waals surface area contributed by atoms with Gasteiger partial charge in [-0.25, -0.2) is 0 Å². The SMILES string of the molecule is c1ccc([Si](c2ccccc2)(c2cc(-n3c4ccccc4c4ccccc43)cc3c2oc2ccc(-n4c5ccccc5c5ccccc54)cc23)c2cc(-n3c4ccccc4c4ccccc43)cc3c2oc2ccc(-n4c5ccccc5c5ccccc54)cc23)cc1. The standard InChI is InChI=1S/C84H52N4O2Si/c1-3-23-57(24-4-1)91(58-25-5-2-6-26-58,81-51-55(87-75-39-19-11-31-63(75)64-32-12-20-40-76(64)87)49-69-67-47-53(43-45-79(67)89-83(69)81)85-71-35-15-7-27-59(71)60-28-8-16-36-72(60)85)82-52-56(88-77-41-21-13-33-65(77)66-34-14-22-42-78(66)88)50-70-68-48-54(44-46-80(68)90-84(70)82)86-73-37-17-9-29-61(73)62-30-10-18-38-74(62)86/h1-52H. The van der Waals surface area contributed by atoms with Crippen LogP contribution >= 0.6 is 0 Å². The van der Waals surface area contributed by atoms with E-state index in [1.165, 1.54) is 53.5 Å². The number of aromatic nitrogens is 4. The van der Waals surface area contributed by atoms with Crippen LogP contribution in [0.5, 0.6) is 0 Å². The second-order valence-electron chi connectivity index (χ2n) is 24.3. The Bertz CT molecular complexity index is 5810. The van der Waals surface area contributed by atoms with Gasteiger partial charge >= 0.3 is 0 Å². The summed E-state index contributed by atoms with van der Waals surface area (Å²) in [5.41, 5.74) is 16.7. The highest BCUT2D eigenvalue weighted by Gasteiger charge is 2.47. The summed E-state index contributed by atoms with van der Waals surface area (Å²) in [4.78, 5) is 0. The van der Waals surface area contributed by atoms with Crippen LogP contribution in [0, 0.1) is 0 Å². The molecule has 0 saturated heterocycles. The van der Waals surface area contributed by atoms with Crippen LogP contribution in [0.4, 0.5) is 0 Å². The zero-order valence-corrected chi connectivity index (χ0v) is 50.1. The molecule has 6 aromatic heterocycles. The highest BCUT2D eigenvalue weighted by atomic mass is 28.3. The van der Waals surface area contributed by atoms with Crippen molar-refractivity contribution in [2.45, 2.75) is 0 Å². The van der Waals surface area contributed by atoms with Gasteiger partial charge in [-0.3, -0.25) is 0 Å². The Hall–Kier alpha value is -11.9. The van der Waals surface area contributed by atoms with Crippen molar-refractivity contribution >= 4 is 160 Å². The van der Waals surface area contributed by atoms with Crippen LogP contribution in [0.25, 0.3) is 154 Å². The molecule has 7 heteroatoms. The number of rotatable bonds is 8. The van der Waals surface area contributed by atoms with Gasteiger partial charge in [0.1, 0.15) is 22.3 Å². The summed E-state index contributed by atoms with van der Waals surface area (Å²) in [5.74, 6) is 0. The number of hydrogen-bond acceptors (Lipinski definition) is 2. The van der Waals surface area contributed by atoms with Crippen LogP contribution in [0.1, 0.15) is 0 Å². The summed E-state index contributed by atoms with van der Waals surface area (Å²) in [5, 5.41) is 18.4. The summed E-state index contributed by atoms with van der Waals surface area (Å²) in [6.07, 6.45) is 0. The summed E-state index contributed by atoms with van der Waals surface area (Å²) in [6, 6.07) is 116. The fraction of sp³-hybridized carbons (Fsp3) is 0. The van der Waals surface area contributed by atoms with Crippen LogP contribution in [0.3, 0.4) is 0 Å². The molecule has 0 aliphatic rings. The number of para-hydroxylation sites is 8. The topological polar surface area (TPSA) is 46.0 Å².